The predicted octanol–water partition coefficient (Wildman–Crippen LogP) is 6.38. The number of hydrogen-bond donors (Lipinski definition) is 2. The zero-order chi connectivity index (χ0) is 18.8. The highest BCUT2D eigenvalue weighted by Gasteiger charge is 2.09. The molecule has 26 heavy (non-hydrogen) atoms. The van der Waals surface area contributed by atoms with Gasteiger partial charge in [-0.3, -0.25) is 10.6 Å². The van der Waals surface area contributed by atoms with Gasteiger partial charge in [-0.25, -0.2) is 0 Å². The average molecular weight is 470 g/mol. The monoisotopic (exact) mass is 468 g/mol. The van der Waals surface area contributed by atoms with Gasteiger partial charge in [-0.15, -0.1) is 23.2 Å². The van der Waals surface area contributed by atoms with Crippen molar-refractivity contribution in [2.75, 3.05) is 11.5 Å². The van der Waals surface area contributed by atoms with E-state index in [1.54, 1.807) is 21.6 Å². The molecule has 2 aromatic carbocycles. The van der Waals surface area contributed by atoms with E-state index in [1.807, 2.05) is 48.5 Å². The van der Waals surface area contributed by atoms with Crippen molar-refractivity contribution in [3.63, 3.8) is 0 Å². The Morgan fingerprint density at radius 3 is 1.46 bits per heavy atom. The molecule has 2 atom stereocenters. The van der Waals surface area contributed by atoms with E-state index >= 15 is 0 Å². The number of alkyl halides is 2. The van der Waals surface area contributed by atoms with Crippen LogP contribution in [0.25, 0.3) is 0 Å². The highest BCUT2D eigenvalue weighted by atomic mass is 35.5. The normalized spacial score (nSPS) is 13.5. The maximum Gasteiger partial charge on any atom is 0.0927 e. The zero-order valence-corrected chi connectivity index (χ0v) is 18.6. The van der Waals surface area contributed by atoms with Crippen molar-refractivity contribution in [1.29, 1.82) is 0 Å². The summed E-state index contributed by atoms with van der Waals surface area (Å²) in [6.07, 6.45) is 0. The Hall–Kier alpha value is 0.220. The standard InChI is InChI=1S/C18H20Cl4N2S2/c19-15-7-3-1-5-13(15)9-23-17(21)11-25-26-12-18(22)24-10-14-6-2-4-8-16(14)20/h1-8,17-18,23-24H,9-12H2. The minimum atomic E-state index is -0.131. The zero-order valence-electron chi connectivity index (χ0n) is 13.9. The molecule has 0 saturated heterocycles. The second-order valence-corrected chi connectivity index (χ2v) is 9.87. The van der Waals surface area contributed by atoms with E-state index in [2.05, 4.69) is 10.6 Å². The van der Waals surface area contributed by atoms with Crippen molar-refractivity contribution in [2.45, 2.75) is 24.1 Å². The summed E-state index contributed by atoms with van der Waals surface area (Å²) >= 11 is 24.9. The molecule has 0 saturated carbocycles. The Morgan fingerprint density at radius 1 is 0.692 bits per heavy atom. The van der Waals surface area contributed by atoms with Gasteiger partial charge >= 0.3 is 0 Å². The van der Waals surface area contributed by atoms with E-state index in [0.717, 1.165) is 32.7 Å². The molecular weight excluding hydrogens is 450 g/mol. The molecule has 0 spiro atoms. The van der Waals surface area contributed by atoms with Crippen LogP contribution in [0.15, 0.2) is 48.5 Å². The van der Waals surface area contributed by atoms with E-state index in [-0.39, 0.29) is 11.0 Å². The van der Waals surface area contributed by atoms with Gasteiger partial charge in [0.1, 0.15) is 0 Å². The third-order valence-electron chi connectivity index (χ3n) is 3.46. The van der Waals surface area contributed by atoms with Crippen LogP contribution in [0.5, 0.6) is 0 Å². The molecule has 0 aliphatic carbocycles. The summed E-state index contributed by atoms with van der Waals surface area (Å²) in [6, 6.07) is 15.5. The van der Waals surface area contributed by atoms with Crippen LogP contribution in [0.1, 0.15) is 11.1 Å². The summed E-state index contributed by atoms with van der Waals surface area (Å²) in [4.78, 5) is 0. The van der Waals surface area contributed by atoms with E-state index < -0.39 is 0 Å². The van der Waals surface area contributed by atoms with Crippen LogP contribution < -0.4 is 10.6 Å². The van der Waals surface area contributed by atoms with Gasteiger partial charge in [-0.05, 0) is 23.3 Å². The lowest BCUT2D eigenvalue weighted by Crippen LogP contribution is -2.26. The molecule has 0 fully saturated rings. The van der Waals surface area contributed by atoms with Gasteiger partial charge in [0.2, 0.25) is 0 Å². The molecule has 2 unspecified atom stereocenters. The van der Waals surface area contributed by atoms with Crippen LogP contribution in [0.3, 0.4) is 0 Å². The first-order valence-corrected chi connectivity index (χ1v) is 12.1. The molecule has 0 heterocycles. The van der Waals surface area contributed by atoms with Gasteiger partial charge in [0.25, 0.3) is 0 Å². The van der Waals surface area contributed by atoms with Gasteiger partial charge in [-0.1, -0.05) is 81.2 Å². The van der Waals surface area contributed by atoms with E-state index in [4.69, 9.17) is 46.4 Å². The minimum absolute atomic E-state index is 0.131. The summed E-state index contributed by atoms with van der Waals surface area (Å²) in [5, 5.41) is 8.03. The van der Waals surface area contributed by atoms with Crippen LogP contribution in [-0.2, 0) is 13.1 Å². The molecule has 2 nitrogen and oxygen atoms in total. The molecule has 0 amide bonds. The molecule has 0 aromatic heterocycles. The second kappa shape index (κ2) is 12.6. The third-order valence-corrected chi connectivity index (χ3v) is 7.60. The molecule has 0 aliphatic rings. The van der Waals surface area contributed by atoms with Gasteiger partial charge < -0.3 is 0 Å². The quantitative estimate of drug-likeness (QED) is 0.172. The van der Waals surface area contributed by atoms with E-state index in [9.17, 15) is 0 Å². The van der Waals surface area contributed by atoms with Crippen LogP contribution in [0, 0.1) is 0 Å². The second-order valence-electron chi connectivity index (χ2n) is 5.45. The van der Waals surface area contributed by atoms with Crippen LogP contribution in [0.4, 0.5) is 0 Å². The highest BCUT2D eigenvalue weighted by Crippen LogP contribution is 2.25. The van der Waals surface area contributed by atoms with Crippen molar-refractivity contribution in [3.05, 3.63) is 69.7 Å². The van der Waals surface area contributed by atoms with Gasteiger partial charge in [0.05, 0.1) is 11.0 Å². The van der Waals surface area contributed by atoms with E-state index in [1.165, 1.54) is 0 Å². The average Bonchev–Trinajstić information content (AvgIpc) is 2.64. The Kier molecular flexibility index (Phi) is 10.9. The van der Waals surface area contributed by atoms with Crippen molar-refractivity contribution in [2.24, 2.45) is 0 Å². The lowest BCUT2D eigenvalue weighted by atomic mass is 10.2. The summed E-state index contributed by atoms with van der Waals surface area (Å²) < 4.78 is 0. The first-order chi connectivity index (χ1) is 12.6. The highest BCUT2D eigenvalue weighted by molar-refractivity contribution is 8.76. The van der Waals surface area contributed by atoms with Gasteiger partial charge in [0.15, 0.2) is 0 Å². The fourth-order valence-electron chi connectivity index (χ4n) is 2.06. The van der Waals surface area contributed by atoms with Crippen molar-refractivity contribution < 1.29 is 0 Å². The largest absolute Gasteiger partial charge is 0.296 e. The van der Waals surface area contributed by atoms with Crippen molar-refractivity contribution >= 4 is 68.0 Å². The molecule has 0 radical (unpaired) electrons. The third kappa shape index (κ3) is 8.49. The minimum Gasteiger partial charge on any atom is -0.296 e. The topological polar surface area (TPSA) is 24.1 Å². The summed E-state index contributed by atoms with van der Waals surface area (Å²) in [5.41, 5.74) is 1.83. The maximum atomic E-state index is 6.31. The summed E-state index contributed by atoms with van der Waals surface area (Å²) in [7, 11) is 3.39. The number of benzene rings is 2. The first kappa shape index (κ1) is 22.5. The smallest absolute Gasteiger partial charge is 0.0927 e. The molecule has 2 N–H and O–H groups in total. The molecule has 0 aliphatic heterocycles. The number of halogens is 4. The lowest BCUT2D eigenvalue weighted by Gasteiger charge is -2.14. The van der Waals surface area contributed by atoms with Crippen LogP contribution >= 0.6 is 68.0 Å². The Labute approximate surface area is 183 Å². The van der Waals surface area contributed by atoms with Crippen LogP contribution in [0.2, 0.25) is 10.0 Å². The SMILES string of the molecule is Clc1ccccc1CNC(Cl)CSSCC(Cl)NCc1ccccc1Cl. The fraction of sp³-hybridized carbons (Fsp3) is 0.333. The van der Waals surface area contributed by atoms with Crippen molar-refractivity contribution in [3.8, 4) is 0 Å². The first-order valence-electron chi connectivity index (χ1n) is 8.02. The molecule has 2 aromatic rings. The molecule has 0 bridgehead atoms. The Balaban J connectivity index is 1.56. The number of hydrogen-bond acceptors (Lipinski definition) is 4. The lowest BCUT2D eigenvalue weighted by molar-refractivity contribution is 0.685. The summed E-state index contributed by atoms with van der Waals surface area (Å²) in [5.74, 6) is 1.54. The van der Waals surface area contributed by atoms with Crippen LogP contribution in [-0.4, -0.2) is 22.5 Å². The maximum absolute atomic E-state index is 6.31. The number of rotatable bonds is 11. The molecule has 8 heteroatoms. The summed E-state index contributed by atoms with van der Waals surface area (Å²) in [6.45, 7) is 1.30. The predicted molar refractivity (Wildman–Crippen MR) is 121 cm³/mol. The number of nitrogens with one attached hydrogen (secondary N) is 2. The van der Waals surface area contributed by atoms with Crippen molar-refractivity contribution in [1.82, 2.24) is 10.6 Å². The van der Waals surface area contributed by atoms with E-state index in [0.29, 0.717) is 13.1 Å². The Bertz CT molecular complexity index is 618. The fourth-order valence-corrected chi connectivity index (χ4v) is 5.51. The molecule has 2 rings (SSSR count). The Morgan fingerprint density at radius 2 is 1.08 bits per heavy atom. The molecular formula is C18H20Cl4N2S2. The van der Waals surface area contributed by atoms with Gasteiger partial charge in [-0.2, -0.15) is 0 Å². The molecule has 142 valence electrons. The van der Waals surface area contributed by atoms with Gasteiger partial charge in [0, 0.05) is 34.6 Å².